The standard InChI is InChI=1S/C19H29NO3S/c1-15(19(22)23-2)14-20(16-9-6-4-3-5-7-10-16)18(21)13-17-11-8-12-24-17/h8,11-12,15-16H,3-7,9-10,13-14H2,1-2H3. The average Bonchev–Trinajstić information content (AvgIpc) is 3.04. The maximum atomic E-state index is 12.9. The Hall–Kier alpha value is -1.36. The first-order valence-corrected chi connectivity index (χ1v) is 9.89. The molecule has 1 fully saturated rings. The highest BCUT2D eigenvalue weighted by Crippen LogP contribution is 2.24. The molecular weight excluding hydrogens is 322 g/mol. The maximum Gasteiger partial charge on any atom is 0.310 e. The lowest BCUT2D eigenvalue weighted by Gasteiger charge is -2.34. The van der Waals surface area contributed by atoms with Crippen LogP contribution in [0.5, 0.6) is 0 Å². The van der Waals surface area contributed by atoms with E-state index >= 15 is 0 Å². The van der Waals surface area contributed by atoms with Crippen molar-refractivity contribution in [3.63, 3.8) is 0 Å². The zero-order chi connectivity index (χ0) is 17.4. The minimum absolute atomic E-state index is 0.138. The number of hydrogen-bond donors (Lipinski definition) is 0. The van der Waals surface area contributed by atoms with Gasteiger partial charge in [-0.25, -0.2) is 0 Å². The van der Waals surface area contributed by atoms with Crippen molar-refractivity contribution < 1.29 is 14.3 Å². The summed E-state index contributed by atoms with van der Waals surface area (Å²) >= 11 is 1.61. The number of ether oxygens (including phenoxy) is 1. The van der Waals surface area contributed by atoms with Crippen molar-refractivity contribution in [2.75, 3.05) is 13.7 Å². The molecule has 1 unspecified atom stereocenters. The Bertz CT molecular complexity index is 507. The van der Waals surface area contributed by atoms with Gasteiger partial charge in [-0.1, -0.05) is 45.1 Å². The first-order chi connectivity index (χ1) is 11.6. The van der Waals surface area contributed by atoms with Gasteiger partial charge in [-0.2, -0.15) is 0 Å². The lowest BCUT2D eigenvalue weighted by molar-refractivity contribution is -0.147. The van der Waals surface area contributed by atoms with Gasteiger partial charge in [0.15, 0.2) is 0 Å². The molecule has 1 aliphatic rings. The fourth-order valence-electron chi connectivity index (χ4n) is 3.44. The van der Waals surface area contributed by atoms with Crippen molar-refractivity contribution in [3.05, 3.63) is 22.4 Å². The fourth-order valence-corrected chi connectivity index (χ4v) is 4.13. The molecule has 0 saturated heterocycles. The molecule has 134 valence electrons. The second kappa shape index (κ2) is 9.82. The smallest absolute Gasteiger partial charge is 0.310 e. The summed E-state index contributed by atoms with van der Waals surface area (Å²) in [6.07, 6.45) is 8.65. The topological polar surface area (TPSA) is 46.6 Å². The zero-order valence-corrected chi connectivity index (χ0v) is 15.6. The van der Waals surface area contributed by atoms with E-state index in [4.69, 9.17) is 4.74 Å². The Kier molecular flexibility index (Phi) is 7.76. The molecule has 24 heavy (non-hydrogen) atoms. The Labute approximate surface area is 149 Å². The van der Waals surface area contributed by atoms with Crippen LogP contribution in [0.15, 0.2) is 17.5 Å². The number of esters is 1. The zero-order valence-electron chi connectivity index (χ0n) is 14.8. The quantitative estimate of drug-likeness (QED) is 0.727. The SMILES string of the molecule is COC(=O)C(C)CN(C(=O)Cc1cccs1)C1CCCCCCC1. The third-order valence-corrected chi connectivity index (χ3v) is 5.69. The molecule has 0 radical (unpaired) electrons. The molecule has 1 atom stereocenters. The number of amides is 1. The average molecular weight is 352 g/mol. The number of carbonyl (C=O) groups is 2. The molecule has 2 rings (SSSR count). The molecular formula is C19H29NO3S. The number of methoxy groups -OCH3 is 1. The minimum atomic E-state index is -0.285. The van der Waals surface area contributed by atoms with Crippen molar-refractivity contribution >= 4 is 23.2 Å². The van der Waals surface area contributed by atoms with Crippen molar-refractivity contribution in [2.45, 2.75) is 64.3 Å². The predicted octanol–water partition coefficient (Wildman–Crippen LogP) is 4.04. The van der Waals surface area contributed by atoms with E-state index in [-0.39, 0.29) is 23.8 Å². The fraction of sp³-hybridized carbons (Fsp3) is 0.684. The van der Waals surface area contributed by atoms with E-state index in [2.05, 4.69) is 0 Å². The third kappa shape index (κ3) is 5.62. The van der Waals surface area contributed by atoms with Crippen LogP contribution in [0.1, 0.15) is 56.7 Å². The van der Waals surface area contributed by atoms with Gasteiger partial charge in [-0.15, -0.1) is 11.3 Å². The molecule has 0 N–H and O–H groups in total. The van der Waals surface area contributed by atoms with Gasteiger partial charge in [-0.3, -0.25) is 9.59 Å². The maximum absolute atomic E-state index is 12.9. The molecule has 0 bridgehead atoms. The molecule has 1 amide bonds. The second-order valence-electron chi connectivity index (χ2n) is 6.73. The highest BCUT2D eigenvalue weighted by atomic mass is 32.1. The van der Waals surface area contributed by atoms with E-state index in [0.29, 0.717) is 13.0 Å². The van der Waals surface area contributed by atoms with Gasteiger partial charge in [0.2, 0.25) is 5.91 Å². The van der Waals surface area contributed by atoms with Crippen LogP contribution in [0.25, 0.3) is 0 Å². The van der Waals surface area contributed by atoms with Crippen LogP contribution in [0.2, 0.25) is 0 Å². The van der Waals surface area contributed by atoms with Crippen LogP contribution in [0.4, 0.5) is 0 Å². The van der Waals surface area contributed by atoms with Gasteiger partial charge in [0.05, 0.1) is 19.4 Å². The normalized spacial score (nSPS) is 17.6. The van der Waals surface area contributed by atoms with Crippen molar-refractivity contribution in [3.8, 4) is 0 Å². The largest absolute Gasteiger partial charge is 0.469 e. The van der Waals surface area contributed by atoms with Crippen LogP contribution >= 0.6 is 11.3 Å². The Morgan fingerprint density at radius 1 is 1.25 bits per heavy atom. The van der Waals surface area contributed by atoms with Crippen LogP contribution in [0, 0.1) is 5.92 Å². The molecule has 4 nitrogen and oxygen atoms in total. The molecule has 1 aliphatic carbocycles. The van der Waals surface area contributed by atoms with Crippen LogP contribution < -0.4 is 0 Å². The van der Waals surface area contributed by atoms with Gasteiger partial charge in [0, 0.05) is 17.5 Å². The van der Waals surface area contributed by atoms with E-state index < -0.39 is 0 Å². The minimum Gasteiger partial charge on any atom is -0.469 e. The monoisotopic (exact) mass is 351 g/mol. The summed E-state index contributed by atoms with van der Waals surface area (Å²) in [4.78, 5) is 27.8. The lowest BCUT2D eigenvalue weighted by Crippen LogP contribution is -2.45. The highest BCUT2D eigenvalue weighted by Gasteiger charge is 2.28. The number of rotatable bonds is 6. The number of nitrogens with zero attached hydrogens (tertiary/aromatic N) is 1. The first-order valence-electron chi connectivity index (χ1n) is 9.01. The number of thiophene rings is 1. The summed E-state index contributed by atoms with van der Waals surface area (Å²) in [5.41, 5.74) is 0. The van der Waals surface area contributed by atoms with Crippen LogP contribution in [-0.2, 0) is 20.7 Å². The molecule has 0 aromatic carbocycles. The number of carbonyl (C=O) groups excluding carboxylic acids is 2. The molecule has 1 aromatic rings. The van der Waals surface area contributed by atoms with E-state index in [1.165, 1.54) is 39.2 Å². The van der Waals surface area contributed by atoms with Gasteiger partial charge < -0.3 is 9.64 Å². The van der Waals surface area contributed by atoms with E-state index in [1.54, 1.807) is 11.3 Å². The van der Waals surface area contributed by atoms with Gasteiger partial charge in [0.1, 0.15) is 0 Å². The summed E-state index contributed by atoms with van der Waals surface area (Å²) in [7, 11) is 1.41. The Morgan fingerprint density at radius 2 is 1.92 bits per heavy atom. The van der Waals surface area contributed by atoms with E-state index in [0.717, 1.165) is 17.7 Å². The predicted molar refractivity (Wildman–Crippen MR) is 97.0 cm³/mol. The Balaban J connectivity index is 2.09. The summed E-state index contributed by atoms with van der Waals surface area (Å²) in [6, 6.07) is 4.23. The van der Waals surface area contributed by atoms with Gasteiger partial charge in [0.25, 0.3) is 0 Å². The lowest BCUT2D eigenvalue weighted by atomic mass is 9.94. The summed E-state index contributed by atoms with van der Waals surface area (Å²) in [5, 5.41) is 2.00. The van der Waals surface area contributed by atoms with Gasteiger partial charge >= 0.3 is 5.97 Å². The Morgan fingerprint density at radius 3 is 2.50 bits per heavy atom. The third-order valence-electron chi connectivity index (χ3n) is 4.82. The molecule has 0 aliphatic heterocycles. The second-order valence-corrected chi connectivity index (χ2v) is 7.76. The van der Waals surface area contributed by atoms with E-state index in [9.17, 15) is 9.59 Å². The molecule has 0 spiro atoms. The molecule has 1 heterocycles. The first kappa shape index (κ1) is 19.0. The van der Waals surface area contributed by atoms with E-state index in [1.807, 2.05) is 29.3 Å². The summed E-state index contributed by atoms with van der Waals surface area (Å²) < 4.78 is 4.86. The highest BCUT2D eigenvalue weighted by molar-refractivity contribution is 7.10. The molecule has 1 saturated carbocycles. The van der Waals surface area contributed by atoms with Crippen LogP contribution in [0.3, 0.4) is 0 Å². The molecule has 5 heteroatoms. The number of hydrogen-bond acceptors (Lipinski definition) is 4. The van der Waals surface area contributed by atoms with Crippen molar-refractivity contribution in [1.82, 2.24) is 4.90 Å². The van der Waals surface area contributed by atoms with Crippen molar-refractivity contribution in [1.29, 1.82) is 0 Å². The summed E-state index contributed by atoms with van der Waals surface area (Å²) in [6.45, 7) is 2.31. The van der Waals surface area contributed by atoms with Crippen LogP contribution in [-0.4, -0.2) is 36.5 Å². The van der Waals surface area contributed by atoms with Crippen molar-refractivity contribution in [2.24, 2.45) is 5.92 Å². The van der Waals surface area contributed by atoms with Gasteiger partial charge in [-0.05, 0) is 24.3 Å². The molecule has 1 aromatic heterocycles. The summed E-state index contributed by atoms with van der Waals surface area (Å²) in [5.74, 6) is -0.388.